The lowest BCUT2D eigenvalue weighted by atomic mass is 10.2. The highest BCUT2D eigenvalue weighted by Crippen LogP contribution is 2.30. The lowest BCUT2D eigenvalue weighted by Crippen LogP contribution is -2.32. The van der Waals surface area contributed by atoms with Crippen LogP contribution in [0.2, 0.25) is 0 Å². The fraction of sp³-hybridized carbons (Fsp3) is 0.381. The number of rotatable bonds is 9. The van der Waals surface area contributed by atoms with Gasteiger partial charge in [0.25, 0.3) is 0 Å². The molecule has 0 spiro atoms. The van der Waals surface area contributed by atoms with E-state index in [1.54, 1.807) is 25.3 Å². The molecule has 0 saturated heterocycles. The Balaban J connectivity index is 1.93. The first-order valence-corrected chi connectivity index (χ1v) is 9.52. The Morgan fingerprint density at radius 2 is 1.74 bits per heavy atom. The second-order valence-corrected chi connectivity index (χ2v) is 6.40. The molecule has 31 heavy (non-hydrogen) atoms. The number of benzene rings is 2. The predicted octanol–water partition coefficient (Wildman–Crippen LogP) is 3.54. The van der Waals surface area contributed by atoms with Gasteiger partial charge in [-0.05, 0) is 43.3 Å². The molecule has 170 valence electrons. The number of anilines is 1. The van der Waals surface area contributed by atoms with Gasteiger partial charge in [-0.3, -0.25) is 4.99 Å². The molecule has 0 radical (unpaired) electrons. The van der Waals surface area contributed by atoms with Crippen LogP contribution < -0.4 is 24.8 Å². The topological polar surface area (TPSA) is 84.3 Å². The second kappa shape index (κ2) is 11.3. The molecule has 0 fully saturated rings. The van der Waals surface area contributed by atoms with Gasteiger partial charge < -0.3 is 30.0 Å². The zero-order valence-electron chi connectivity index (χ0n) is 17.5. The molecule has 1 atom stereocenters. The van der Waals surface area contributed by atoms with Gasteiger partial charge >= 0.3 is 6.18 Å². The molecule has 0 aliphatic heterocycles. The Bertz CT molecular complexity index is 858. The Kier molecular flexibility index (Phi) is 8.80. The zero-order chi connectivity index (χ0) is 22.9. The predicted molar refractivity (Wildman–Crippen MR) is 112 cm³/mol. The van der Waals surface area contributed by atoms with Gasteiger partial charge in [0, 0.05) is 18.3 Å². The van der Waals surface area contributed by atoms with Crippen molar-refractivity contribution in [3.05, 3.63) is 48.0 Å². The molecule has 1 unspecified atom stereocenters. The van der Waals surface area contributed by atoms with Crippen LogP contribution >= 0.6 is 0 Å². The number of hydrogen-bond acceptors (Lipinski definition) is 5. The van der Waals surface area contributed by atoms with Crippen molar-refractivity contribution in [1.29, 1.82) is 0 Å². The average molecular weight is 441 g/mol. The van der Waals surface area contributed by atoms with Crippen LogP contribution in [0.25, 0.3) is 0 Å². The summed E-state index contributed by atoms with van der Waals surface area (Å²) in [6.07, 6.45) is -5.36. The summed E-state index contributed by atoms with van der Waals surface area (Å²) in [5.74, 6) is 1.80. The molecule has 10 heteroatoms. The van der Waals surface area contributed by atoms with Crippen LogP contribution in [0.3, 0.4) is 0 Å². The number of alkyl halides is 3. The number of hydrogen-bond donors (Lipinski definition) is 3. The maximum absolute atomic E-state index is 12.6. The highest BCUT2D eigenvalue weighted by molar-refractivity contribution is 5.93. The van der Waals surface area contributed by atoms with E-state index in [1.807, 2.05) is 6.92 Å². The van der Waals surface area contributed by atoms with Crippen molar-refractivity contribution in [3.8, 4) is 17.2 Å². The largest absolute Gasteiger partial charge is 0.493 e. The van der Waals surface area contributed by atoms with E-state index in [0.717, 1.165) is 12.1 Å². The first-order valence-electron chi connectivity index (χ1n) is 9.52. The minimum atomic E-state index is -4.41. The summed E-state index contributed by atoms with van der Waals surface area (Å²) in [5.41, 5.74) is -0.0608. The molecular formula is C21H26F3N3O4. The molecule has 7 nitrogen and oxygen atoms in total. The molecule has 2 rings (SSSR count). The lowest BCUT2D eigenvalue weighted by molar-refractivity contribution is -0.137. The summed E-state index contributed by atoms with van der Waals surface area (Å²) in [4.78, 5) is 4.31. The molecule has 0 aromatic heterocycles. The van der Waals surface area contributed by atoms with Crippen molar-refractivity contribution in [1.82, 2.24) is 5.32 Å². The third kappa shape index (κ3) is 7.56. The van der Waals surface area contributed by atoms with Crippen LogP contribution in [-0.2, 0) is 6.18 Å². The maximum atomic E-state index is 12.6. The number of guanidine groups is 1. The Morgan fingerprint density at radius 3 is 2.32 bits per heavy atom. The number of aliphatic hydroxyl groups excluding tert-OH is 1. The van der Waals surface area contributed by atoms with Crippen molar-refractivity contribution < 1.29 is 32.5 Å². The van der Waals surface area contributed by atoms with Crippen LogP contribution in [-0.4, -0.2) is 51.1 Å². The highest BCUT2D eigenvalue weighted by Gasteiger charge is 2.30. The van der Waals surface area contributed by atoms with E-state index in [4.69, 9.17) is 14.2 Å². The van der Waals surface area contributed by atoms with Crippen LogP contribution in [0.15, 0.2) is 47.5 Å². The number of nitrogens with one attached hydrogen (secondary N) is 2. The summed E-state index contributed by atoms with van der Waals surface area (Å²) in [6.45, 7) is 2.39. The minimum absolute atomic E-state index is 0.0171. The van der Waals surface area contributed by atoms with E-state index in [2.05, 4.69) is 15.6 Å². The van der Waals surface area contributed by atoms with E-state index < -0.39 is 17.8 Å². The van der Waals surface area contributed by atoms with Gasteiger partial charge in [0.15, 0.2) is 17.5 Å². The summed E-state index contributed by atoms with van der Waals surface area (Å²) < 4.78 is 53.6. The van der Waals surface area contributed by atoms with Gasteiger partial charge in [0.05, 0.1) is 26.3 Å². The molecule has 0 heterocycles. The molecule has 2 aromatic carbocycles. The van der Waals surface area contributed by atoms with E-state index in [0.29, 0.717) is 29.7 Å². The maximum Gasteiger partial charge on any atom is 0.416 e. The smallest absolute Gasteiger partial charge is 0.416 e. The van der Waals surface area contributed by atoms with Crippen molar-refractivity contribution in [2.45, 2.75) is 19.2 Å². The second-order valence-electron chi connectivity index (χ2n) is 6.40. The molecule has 0 aliphatic carbocycles. The van der Waals surface area contributed by atoms with Gasteiger partial charge in [-0.15, -0.1) is 0 Å². The summed E-state index contributed by atoms with van der Waals surface area (Å²) in [6, 6.07) is 9.56. The summed E-state index contributed by atoms with van der Waals surface area (Å²) in [5, 5.41) is 16.3. The van der Waals surface area contributed by atoms with Crippen molar-refractivity contribution in [3.63, 3.8) is 0 Å². The first kappa shape index (κ1) is 24.1. The summed E-state index contributed by atoms with van der Waals surface area (Å²) >= 11 is 0. The number of aliphatic imine (C=N–C) groups is 1. The molecule has 0 aliphatic rings. The van der Waals surface area contributed by atoms with Crippen molar-refractivity contribution in [2.24, 2.45) is 4.99 Å². The molecule has 2 aromatic rings. The molecule has 0 saturated carbocycles. The lowest BCUT2D eigenvalue weighted by Gasteiger charge is -2.15. The van der Waals surface area contributed by atoms with Gasteiger partial charge in [-0.25, -0.2) is 0 Å². The number of ether oxygens (including phenoxy) is 3. The quantitative estimate of drug-likeness (QED) is 0.408. The molecule has 0 amide bonds. The highest BCUT2D eigenvalue weighted by atomic mass is 19.4. The molecular weight excluding hydrogens is 415 g/mol. The van der Waals surface area contributed by atoms with E-state index in [1.165, 1.54) is 19.2 Å². The zero-order valence-corrected chi connectivity index (χ0v) is 17.5. The van der Waals surface area contributed by atoms with Crippen LogP contribution in [0, 0.1) is 0 Å². The first-order chi connectivity index (χ1) is 14.8. The average Bonchev–Trinajstić information content (AvgIpc) is 2.75. The Hall–Kier alpha value is -3.14. The van der Waals surface area contributed by atoms with Crippen molar-refractivity contribution >= 4 is 11.6 Å². The van der Waals surface area contributed by atoms with Gasteiger partial charge in [-0.1, -0.05) is 0 Å². The fourth-order valence-electron chi connectivity index (χ4n) is 2.54. The minimum Gasteiger partial charge on any atom is -0.493 e. The number of aliphatic hydroxyl groups is 1. The van der Waals surface area contributed by atoms with E-state index in [-0.39, 0.29) is 18.9 Å². The number of methoxy groups -OCH3 is 2. The third-order valence-electron chi connectivity index (χ3n) is 4.07. The Morgan fingerprint density at radius 1 is 1.06 bits per heavy atom. The monoisotopic (exact) mass is 441 g/mol. The van der Waals surface area contributed by atoms with Crippen LogP contribution in [0.4, 0.5) is 18.9 Å². The molecule has 0 bridgehead atoms. The van der Waals surface area contributed by atoms with E-state index >= 15 is 0 Å². The summed E-state index contributed by atoms with van der Waals surface area (Å²) in [7, 11) is 3.08. The normalized spacial score (nSPS) is 12.8. The molecule has 3 N–H and O–H groups in total. The fourth-order valence-corrected chi connectivity index (χ4v) is 2.54. The van der Waals surface area contributed by atoms with Gasteiger partial charge in [-0.2, -0.15) is 13.2 Å². The van der Waals surface area contributed by atoms with Gasteiger partial charge in [0.2, 0.25) is 0 Å². The third-order valence-corrected chi connectivity index (χ3v) is 4.07. The van der Waals surface area contributed by atoms with Crippen LogP contribution in [0.1, 0.15) is 12.5 Å². The van der Waals surface area contributed by atoms with Gasteiger partial charge in [0.1, 0.15) is 18.5 Å². The van der Waals surface area contributed by atoms with Crippen LogP contribution in [0.5, 0.6) is 17.2 Å². The standard InChI is InChI=1S/C21H26F3N3O4/c1-4-25-20(27-15-7-10-18(29-2)19(11-15)30-3)26-12-16(28)13-31-17-8-5-14(6-9-17)21(22,23)24/h5-11,16,28H,4,12-13H2,1-3H3,(H2,25,26,27). The van der Waals surface area contributed by atoms with Crippen molar-refractivity contribution in [2.75, 3.05) is 39.2 Å². The number of nitrogens with zero attached hydrogens (tertiary/aromatic N) is 1. The number of halogens is 3. The Labute approximate surface area is 178 Å². The SMILES string of the molecule is CCNC(=NCC(O)COc1ccc(C(F)(F)F)cc1)Nc1ccc(OC)c(OC)c1. The van der Waals surface area contributed by atoms with E-state index in [9.17, 15) is 18.3 Å².